The van der Waals surface area contributed by atoms with Crippen LogP contribution in [-0.4, -0.2) is 12.5 Å². The average Bonchev–Trinajstić information content (AvgIpc) is 3.26. The molecule has 1 aliphatic carbocycles. The number of amides is 1. The van der Waals surface area contributed by atoms with Crippen LogP contribution in [0.2, 0.25) is 0 Å². The van der Waals surface area contributed by atoms with Crippen molar-refractivity contribution in [3.8, 4) is 6.07 Å². The van der Waals surface area contributed by atoms with Gasteiger partial charge in [0.1, 0.15) is 17.1 Å². The van der Waals surface area contributed by atoms with E-state index in [4.69, 9.17) is 0 Å². The van der Waals surface area contributed by atoms with E-state index in [0.29, 0.717) is 12.1 Å². The van der Waals surface area contributed by atoms with Crippen molar-refractivity contribution in [2.24, 2.45) is 0 Å². The molecule has 1 heterocycles. The second kappa shape index (κ2) is 7.51. The number of nitrogens with two attached hydrogens (primary N) is 1. The zero-order valence-electron chi connectivity index (χ0n) is 15.3. The van der Waals surface area contributed by atoms with Gasteiger partial charge in [0.2, 0.25) is 0 Å². The van der Waals surface area contributed by atoms with E-state index in [1.54, 1.807) is 11.3 Å². The number of carbonyl (C=O) groups excluding carboxylic acids is 1. The number of nitrogens with one attached hydrogen (secondary N) is 1. The first kappa shape index (κ1) is 17.7. The average molecular weight is 377 g/mol. The first-order valence-corrected chi connectivity index (χ1v) is 10.1. The van der Waals surface area contributed by atoms with E-state index in [1.165, 1.54) is 21.2 Å². The summed E-state index contributed by atoms with van der Waals surface area (Å²) in [4.78, 5) is 13.7. The number of rotatable bonds is 5. The topological polar surface area (TPSA) is 69.5 Å². The van der Waals surface area contributed by atoms with Gasteiger partial charge in [-0.1, -0.05) is 42.5 Å². The number of nitriles is 1. The van der Waals surface area contributed by atoms with E-state index in [9.17, 15) is 10.1 Å². The van der Waals surface area contributed by atoms with Gasteiger partial charge in [0.15, 0.2) is 6.54 Å². The maximum atomic E-state index is 12.5. The molecule has 1 atom stereocenters. The van der Waals surface area contributed by atoms with Crippen molar-refractivity contribution >= 4 is 33.0 Å². The van der Waals surface area contributed by atoms with Crippen LogP contribution >= 0.6 is 11.3 Å². The van der Waals surface area contributed by atoms with Gasteiger partial charge in [-0.15, -0.1) is 11.3 Å². The smallest absolute Gasteiger partial charge is 0.280 e. The monoisotopic (exact) mass is 376 g/mol. The summed E-state index contributed by atoms with van der Waals surface area (Å²) in [7, 11) is 0. The Kier molecular flexibility index (Phi) is 4.93. The Labute approximate surface area is 162 Å². The Bertz CT molecular complexity index is 1040. The zero-order chi connectivity index (χ0) is 18.8. The standard InChI is InChI=1S/C22H21N3OS/c1-14(16-9-4-7-15-6-2-3-8-17(15)16)24-13-21(26)25-22-19(12-23)18-10-5-11-20(18)27-22/h2-4,6-9,14,24H,5,10-11,13H2,1H3,(H,25,26)/p+1/t14-/m0/s1. The molecule has 0 saturated heterocycles. The highest BCUT2D eigenvalue weighted by Crippen LogP contribution is 2.38. The molecule has 1 aromatic heterocycles. The van der Waals surface area contributed by atoms with Gasteiger partial charge in [0.25, 0.3) is 5.91 Å². The van der Waals surface area contributed by atoms with Crippen molar-refractivity contribution in [3.63, 3.8) is 0 Å². The van der Waals surface area contributed by atoms with Crippen molar-refractivity contribution in [2.45, 2.75) is 32.2 Å². The van der Waals surface area contributed by atoms with Crippen molar-refractivity contribution in [1.82, 2.24) is 0 Å². The number of hydrogen-bond acceptors (Lipinski definition) is 3. The van der Waals surface area contributed by atoms with Crippen molar-refractivity contribution in [1.29, 1.82) is 5.26 Å². The lowest BCUT2D eigenvalue weighted by molar-refractivity contribution is -0.682. The molecule has 136 valence electrons. The SMILES string of the molecule is C[C@H]([NH2+]CC(=O)Nc1sc2c(c1C#N)CCC2)c1cccc2ccccc12. The van der Waals surface area contributed by atoms with Crippen LogP contribution in [0.5, 0.6) is 0 Å². The van der Waals surface area contributed by atoms with Crippen LogP contribution in [0, 0.1) is 11.3 Å². The number of anilines is 1. The fourth-order valence-corrected chi connectivity index (χ4v) is 5.10. The molecule has 0 fully saturated rings. The van der Waals surface area contributed by atoms with E-state index in [-0.39, 0.29) is 11.9 Å². The minimum Gasteiger partial charge on any atom is -0.332 e. The molecule has 0 bridgehead atoms. The van der Waals surface area contributed by atoms with Crippen LogP contribution in [0.4, 0.5) is 5.00 Å². The van der Waals surface area contributed by atoms with Crippen LogP contribution in [0.15, 0.2) is 42.5 Å². The minimum atomic E-state index is -0.0569. The Balaban J connectivity index is 1.43. The third kappa shape index (κ3) is 3.46. The number of carbonyl (C=O) groups is 1. The molecule has 0 saturated carbocycles. The second-order valence-electron chi connectivity index (χ2n) is 7.02. The molecule has 3 N–H and O–H groups in total. The Morgan fingerprint density at radius 1 is 1.26 bits per heavy atom. The van der Waals surface area contributed by atoms with Crippen molar-refractivity contribution in [2.75, 3.05) is 11.9 Å². The van der Waals surface area contributed by atoms with E-state index in [2.05, 4.69) is 48.6 Å². The summed E-state index contributed by atoms with van der Waals surface area (Å²) < 4.78 is 0. The molecule has 0 spiro atoms. The van der Waals surface area contributed by atoms with Crippen LogP contribution < -0.4 is 10.6 Å². The third-order valence-corrected chi connectivity index (χ3v) is 6.46. The molecule has 0 unspecified atom stereocenters. The number of nitrogens with zero attached hydrogens (tertiary/aromatic N) is 1. The molecule has 5 heteroatoms. The maximum absolute atomic E-state index is 12.5. The molecule has 0 radical (unpaired) electrons. The molecular weight excluding hydrogens is 354 g/mol. The summed E-state index contributed by atoms with van der Waals surface area (Å²) in [5.41, 5.74) is 3.04. The van der Waals surface area contributed by atoms with Crippen LogP contribution in [0.3, 0.4) is 0 Å². The largest absolute Gasteiger partial charge is 0.332 e. The predicted octanol–water partition coefficient (Wildman–Crippen LogP) is 3.52. The van der Waals surface area contributed by atoms with Crippen LogP contribution in [-0.2, 0) is 17.6 Å². The quantitative estimate of drug-likeness (QED) is 0.715. The molecule has 1 aliphatic rings. The highest BCUT2D eigenvalue weighted by Gasteiger charge is 2.23. The Morgan fingerprint density at radius 3 is 2.93 bits per heavy atom. The fraction of sp³-hybridized carbons (Fsp3) is 0.273. The summed E-state index contributed by atoms with van der Waals surface area (Å²) >= 11 is 1.57. The summed E-state index contributed by atoms with van der Waals surface area (Å²) in [5.74, 6) is -0.0569. The highest BCUT2D eigenvalue weighted by atomic mass is 32.1. The molecule has 4 rings (SSSR count). The number of hydrogen-bond donors (Lipinski definition) is 2. The van der Waals surface area contributed by atoms with Crippen LogP contribution in [0.1, 0.15) is 41.0 Å². The fourth-order valence-electron chi connectivity index (χ4n) is 3.85. The second-order valence-corrected chi connectivity index (χ2v) is 8.12. The van der Waals surface area contributed by atoms with Gasteiger partial charge in [-0.25, -0.2) is 0 Å². The molecule has 27 heavy (non-hydrogen) atoms. The van der Waals surface area contributed by atoms with Gasteiger partial charge in [-0.3, -0.25) is 4.79 Å². The number of quaternary nitrogens is 1. The maximum Gasteiger partial charge on any atom is 0.280 e. The van der Waals surface area contributed by atoms with E-state index < -0.39 is 0 Å². The van der Waals surface area contributed by atoms with Gasteiger partial charge in [-0.2, -0.15) is 5.26 Å². The predicted molar refractivity (Wildman–Crippen MR) is 109 cm³/mol. The number of aryl methyl sites for hydroxylation is 1. The Morgan fingerprint density at radius 2 is 2.07 bits per heavy atom. The zero-order valence-corrected chi connectivity index (χ0v) is 16.1. The molecule has 2 aromatic carbocycles. The lowest BCUT2D eigenvalue weighted by Gasteiger charge is -2.13. The minimum absolute atomic E-state index is 0.0569. The van der Waals surface area contributed by atoms with Gasteiger partial charge < -0.3 is 10.6 Å². The highest BCUT2D eigenvalue weighted by molar-refractivity contribution is 7.16. The van der Waals surface area contributed by atoms with E-state index >= 15 is 0 Å². The lowest BCUT2D eigenvalue weighted by atomic mass is 10.00. The molecule has 0 aliphatic heterocycles. The number of thiophene rings is 1. The first-order valence-electron chi connectivity index (χ1n) is 9.33. The van der Waals surface area contributed by atoms with Gasteiger partial charge in [0, 0.05) is 10.4 Å². The summed E-state index contributed by atoms with van der Waals surface area (Å²) in [6.45, 7) is 2.45. The van der Waals surface area contributed by atoms with Gasteiger partial charge in [0.05, 0.1) is 5.56 Å². The van der Waals surface area contributed by atoms with Crippen molar-refractivity contribution < 1.29 is 10.1 Å². The number of benzene rings is 2. The summed E-state index contributed by atoms with van der Waals surface area (Å²) in [6, 6.07) is 17.1. The third-order valence-electron chi connectivity index (χ3n) is 5.26. The first-order chi connectivity index (χ1) is 13.2. The van der Waals surface area contributed by atoms with E-state index in [0.717, 1.165) is 29.8 Å². The summed E-state index contributed by atoms with van der Waals surface area (Å²) in [6.07, 6.45) is 3.09. The molecule has 1 amide bonds. The van der Waals surface area contributed by atoms with Gasteiger partial charge >= 0.3 is 0 Å². The summed E-state index contributed by atoms with van der Waals surface area (Å²) in [5, 5.41) is 17.6. The van der Waals surface area contributed by atoms with Crippen LogP contribution in [0.25, 0.3) is 10.8 Å². The Hall–Kier alpha value is -2.68. The molecule has 4 nitrogen and oxygen atoms in total. The molecule has 3 aromatic rings. The van der Waals surface area contributed by atoms with Gasteiger partial charge in [-0.05, 0) is 42.5 Å². The van der Waals surface area contributed by atoms with E-state index in [1.807, 2.05) is 17.4 Å². The van der Waals surface area contributed by atoms with Crippen molar-refractivity contribution in [3.05, 3.63) is 64.0 Å². The lowest BCUT2D eigenvalue weighted by Crippen LogP contribution is -2.86. The normalized spacial score (nSPS) is 13.9. The molecular formula is C22H22N3OS+. The number of fused-ring (bicyclic) bond motifs is 2.